The van der Waals surface area contributed by atoms with Crippen molar-refractivity contribution in [3.8, 4) is 0 Å². The Labute approximate surface area is 240 Å². The van der Waals surface area contributed by atoms with Gasteiger partial charge in [-0.15, -0.1) is 0 Å². The molecule has 0 radical (unpaired) electrons. The molecule has 0 unspecified atom stereocenters. The molecule has 3 atom stereocenters. The first kappa shape index (κ1) is 34.3. The summed E-state index contributed by atoms with van der Waals surface area (Å²) in [7, 11) is 0. The molecule has 2 N–H and O–H groups in total. The zero-order chi connectivity index (χ0) is 29.4. The van der Waals surface area contributed by atoms with Gasteiger partial charge in [-0.25, -0.2) is 4.79 Å². The van der Waals surface area contributed by atoms with Crippen molar-refractivity contribution in [3.63, 3.8) is 0 Å². The second-order valence-electron chi connectivity index (χ2n) is 9.54. The van der Waals surface area contributed by atoms with E-state index >= 15 is 0 Å². The maximum absolute atomic E-state index is 12.4. The molecule has 7 nitrogen and oxygen atoms in total. The lowest BCUT2D eigenvalue weighted by atomic mass is 10.2. The van der Waals surface area contributed by atoms with E-state index in [1.54, 1.807) is 39.1 Å². The fraction of sp³-hybridized carbons (Fsp3) is 0.455. The number of nitrogens with zero attached hydrogens (tertiary/aromatic N) is 1. The predicted octanol–water partition coefficient (Wildman–Crippen LogP) is 6.56. The third kappa shape index (κ3) is 17.0. The zero-order valence-corrected chi connectivity index (χ0v) is 24.6. The topological polar surface area (TPSA) is 97.4 Å². The maximum Gasteiger partial charge on any atom is 0.328 e. The largest absolute Gasteiger partial charge is 0.459 e. The van der Waals surface area contributed by atoms with Crippen molar-refractivity contribution in [2.45, 2.75) is 97.2 Å². The van der Waals surface area contributed by atoms with Gasteiger partial charge in [0.15, 0.2) is 0 Å². The van der Waals surface area contributed by atoms with Gasteiger partial charge >= 0.3 is 5.97 Å². The van der Waals surface area contributed by atoms with Gasteiger partial charge in [0.05, 0.1) is 11.6 Å². The van der Waals surface area contributed by atoms with Crippen LogP contribution in [0.4, 0.5) is 0 Å². The van der Waals surface area contributed by atoms with Crippen LogP contribution in [-0.4, -0.2) is 41.0 Å². The number of hydrogen-bond donors (Lipinski definition) is 2. The molecule has 40 heavy (non-hydrogen) atoms. The van der Waals surface area contributed by atoms with Gasteiger partial charge in [-0.1, -0.05) is 67.7 Å². The number of carbonyl (C=O) groups excluding carboxylic acids is 3. The first-order chi connectivity index (χ1) is 19.3. The number of amides is 2. The van der Waals surface area contributed by atoms with E-state index in [1.807, 2.05) is 0 Å². The van der Waals surface area contributed by atoms with E-state index in [0.29, 0.717) is 18.4 Å². The molecule has 2 amide bonds. The second kappa shape index (κ2) is 22.1. The number of rotatable bonds is 19. The summed E-state index contributed by atoms with van der Waals surface area (Å²) in [4.78, 5) is 40.8. The van der Waals surface area contributed by atoms with Crippen LogP contribution in [0.5, 0.6) is 0 Å². The fourth-order valence-electron chi connectivity index (χ4n) is 3.41. The van der Waals surface area contributed by atoms with Crippen molar-refractivity contribution in [1.29, 1.82) is 0 Å². The summed E-state index contributed by atoms with van der Waals surface area (Å²) >= 11 is 0. The molecule has 0 fully saturated rings. The van der Waals surface area contributed by atoms with E-state index in [9.17, 15) is 14.4 Å². The molecule has 218 valence electrons. The number of pyridine rings is 1. The molecule has 1 aromatic heterocycles. The highest BCUT2D eigenvalue weighted by atomic mass is 16.5. The van der Waals surface area contributed by atoms with Gasteiger partial charge in [-0.3, -0.25) is 14.6 Å². The maximum atomic E-state index is 12.4. The van der Waals surface area contributed by atoms with Gasteiger partial charge < -0.3 is 15.4 Å². The molecule has 1 rings (SSSR count). The number of nitrogens with one attached hydrogen (secondary N) is 2. The Kier molecular flexibility index (Phi) is 19.0. The molecule has 1 heterocycles. The minimum Gasteiger partial charge on any atom is -0.459 e. The summed E-state index contributed by atoms with van der Waals surface area (Å²) < 4.78 is 5.44. The van der Waals surface area contributed by atoms with Crippen molar-refractivity contribution in [2.24, 2.45) is 0 Å². The van der Waals surface area contributed by atoms with Gasteiger partial charge in [0.25, 0.3) is 5.91 Å². The lowest BCUT2D eigenvalue weighted by molar-refractivity contribution is -0.152. The highest BCUT2D eigenvalue weighted by Crippen LogP contribution is 2.05. The summed E-state index contributed by atoms with van der Waals surface area (Å²) in [6.07, 6.45) is 30.7. The number of unbranched alkanes of at least 4 members (excludes halogenated alkanes) is 1. The molecule has 0 aliphatic rings. The standard InChI is InChI=1S/C33H47N3O4/c1-5-6-7-8-9-10-11-12-13-14-15-16-17-18-19-20-21-24-31(37)35-28(3)33(39)40-29(4)27(2)36-32(38)30-23-22-25-34-26-30/h6-7,9-10,12-13,15-16,18-19,22-23,25-29H,5,8,11,14,17,20-21,24H2,1-4H3,(H,35,37)(H,36,38)/b7-6-,10-9-,13-12-,16-15-,19-18-/t27-,28+,29-/m1/s1. The van der Waals surface area contributed by atoms with Crippen LogP contribution in [-0.2, 0) is 14.3 Å². The van der Waals surface area contributed by atoms with E-state index in [0.717, 1.165) is 38.5 Å². The Balaban J connectivity index is 2.15. The van der Waals surface area contributed by atoms with Crippen LogP contribution < -0.4 is 10.6 Å². The van der Waals surface area contributed by atoms with Crippen molar-refractivity contribution in [2.75, 3.05) is 0 Å². The van der Waals surface area contributed by atoms with E-state index in [-0.39, 0.29) is 11.8 Å². The average Bonchev–Trinajstić information content (AvgIpc) is 2.94. The van der Waals surface area contributed by atoms with Crippen LogP contribution in [0.3, 0.4) is 0 Å². The number of allylic oxidation sites excluding steroid dienone is 10. The van der Waals surface area contributed by atoms with Gasteiger partial charge in [0.1, 0.15) is 12.1 Å². The Hall–Kier alpha value is -3.74. The van der Waals surface area contributed by atoms with Gasteiger partial charge in [0.2, 0.25) is 5.91 Å². The molecule has 0 spiro atoms. The van der Waals surface area contributed by atoms with Crippen molar-refractivity contribution >= 4 is 17.8 Å². The lowest BCUT2D eigenvalue weighted by Gasteiger charge is -2.23. The Morgan fingerprint density at radius 2 is 1.43 bits per heavy atom. The molecule has 0 saturated carbocycles. The molecule has 0 aliphatic heterocycles. The molecular weight excluding hydrogens is 502 g/mol. The first-order valence-corrected chi connectivity index (χ1v) is 14.3. The average molecular weight is 550 g/mol. The molecule has 0 aromatic carbocycles. The summed E-state index contributed by atoms with van der Waals surface area (Å²) in [5, 5.41) is 5.48. The van der Waals surface area contributed by atoms with Crippen LogP contribution in [0, 0.1) is 0 Å². The van der Waals surface area contributed by atoms with Crippen LogP contribution in [0.15, 0.2) is 85.3 Å². The SMILES string of the molecule is CC/C=C\C/C=C\C/C=C\C/C=C\C/C=C\CCCC(=O)N[C@@H](C)C(=O)O[C@H](C)[C@@H](C)NC(=O)c1cccnc1. The highest BCUT2D eigenvalue weighted by Gasteiger charge is 2.23. The van der Waals surface area contributed by atoms with Gasteiger partial charge in [-0.2, -0.15) is 0 Å². The number of aromatic nitrogens is 1. The lowest BCUT2D eigenvalue weighted by Crippen LogP contribution is -2.45. The zero-order valence-electron chi connectivity index (χ0n) is 24.6. The minimum absolute atomic E-state index is 0.192. The number of hydrogen-bond acceptors (Lipinski definition) is 5. The highest BCUT2D eigenvalue weighted by molar-refractivity contribution is 5.94. The summed E-state index contributed by atoms with van der Waals surface area (Å²) in [5.74, 6) is -1.03. The van der Waals surface area contributed by atoms with E-state index in [1.165, 1.54) is 6.20 Å². The first-order valence-electron chi connectivity index (χ1n) is 14.3. The summed E-state index contributed by atoms with van der Waals surface area (Å²) in [6.45, 7) is 7.19. The number of esters is 1. The molecule has 7 heteroatoms. The molecule has 0 bridgehead atoms. The molecule has 1 aromatic rings. The minimum atomic E-state index is -0.773. The Morgan fingerprint density at radius 1 is 0.850 bits per heavy atom. The summed E-state index contributed by atoms with van der Waals surface area (Å²) in [5.41, 5.74) is 0.429. The van der Waals surface area contributed by atoms with Crippen molar-refractivity contribution < 1.29 is 19.1 Å². The normalized spacial score (nSPS) is 14.3. The van der Waals surface area contributed by atoms with Gasteiger partial charge in [0, 0.05) is 18.8 Å². The Morgan fingerprint density at radius 3 is 1.98 bits per heavy atom. The van der Waals surface area contributed by atoms with Crippen LogP contribution in [0.1, 0.15) is 89.4 Å². The van der Waals surface area contributed by atoms with Crippen LogP contribution in [0.25, 0.3) is 0 Å². The molecule has 0 saturated heterocycles. The summed E-state index contributed by atoms with van der Waals surface area (Å²) in [6, 6.07) is 2.15. The number of carbonyl (C=O) groups is 3. The van der Waals surface area contributed by atoms with Crippen LogP contribution >= 0.6 is 0 Å². The monoisotopic (exact) mass is 549 g/mol. The second-order valence-corrected chi connectivity index (χ2v) is 9.54. The smallest absolute Gasteiger partial charge is 0.328 e. The quantitative estimate of drug-likeness (QED) is 0.116. The van der Waals surface area contributed by atoms with Crippen molar-refractivity contribution in [3.05, 3.63) is 90.9 Å². The third-order valence-electron chi connectivity index (χ3n) is 5.95. The molecular formula is C33H47N3O4. The predicted molar refractivity (Wildman–Crippen MR) is 163 cm³/mol. The Bertz CT molecular complexity index is 1010. The number of ether oxygens (including phenoxy) is 1. The van der Waals surface area contributed by atoms with Crippen LogP contribution in [0.2, 0.25) is 0 Å². The van der Waals surface area contributed by atoms with Gasteiger partial charge in [-0.05, 0) is 77.8 Å². The van der Waals surface area contributed by atoms with E-state index < -0.39 is 24.2 Å². The fourth-order valence-corrected chi connectivity index (χ4v) is 3.41. The van der Waals surface area contributed by atoms with E-state index in [4.69, 9.17) is 4.74 Å². The van der Waals surface area contributed by atoms with Crippen molar-refractivity contribution in [1.82, 2.24) is 15.6 Å². The molecule has 0 aliphatic carbocycles. The van der Waals surface area contributed by atoms with E-state index in [2.05, 4.69) is 83.3 Å². The third-order valence-corrected chi connectivity index (χ3v) is 5.95.